The van der Waals surface area contributed by atoms with Crippen molar-refractivity contribution in [2.24, 2.45) is 5.92 Å². The van der Waals surface area contributed by atoms with Crippen molar-refractivity contribution in [1.29, 1.82) is 0 Å². The van der Waals surface area contributed by atoms with Crippen LogP contribution in [0, 0.1) is 5.92 Å². The van der Waals surface area contributed by atoms with Crippen LogP contribution in [0.5, 0.6) is 5.75 Å². The molecule has 3 aromatic carbocycles. The summed E-state index contributed by atoms with van der Waals surface area (Å²) in [5.41, 5.74) is 3.65. The van der Waals surface area contributed by atoms with Crippen molar-refractivity contribution < 1.29 is 9.53 Å². The third-order valence-corrected chi connectivity index (χ3v) is 6.72. The Morgan fingerprint density at radius 3 is 2.48 bits per heavy atom. The average Bonchev–Trinajstić information content (AvgIpc) is 3.24. The van der Waals surface area contributed by atoms with Gasteiger partial charge in [-0.3, -0.25) is 0 Å². The molecular weight excluding hydrogens is 453 g/mol. The molecule has 0 spiro atoms. The molecule has 3 nitrogen and oxygen atoms in total. The van der Waals surface area contributed by atoms with E-state index in [1.165, 1.54) is 11.6 Å². The van der Waals surface area contributed by atoms with Gasteiger partial charge in [0, 0.05) is 21.7 Å². The van der Waals surface area contributed by atoms with Gasteiger partial charge in [0.1, 0.15) is 5.75 Å². The number of carbonyl (C=O) groups excluding carboxylic acids is 1. The zero-order valence-corrected chi connectivity index (χ0v) is 18.6. The van der Waals surface area contributed by atoms with Crippen molar-refractivity contribution >= 4 is 46.5 Å². The van der Waals surface area contributed by atoms with Gasteiger partial charge in [-0.15, -0.1) is 0 Å². The molecule has 0 radical (unpaired) electrons. The Kier molecular flexibility index (Phi) is 5.43. The number of fused-ring (bicyclic) bond motifs is 3. The van der Waals surface area contributed by atoms with Crippen LogP contribution in [0.1, 0.15) is 39.9 Å². The molecule has 3 atom stereocenters. The lowest BCUT2D eigenvalue weighted by molar-refractivity contribution is 0.0735. The monoisotopic (exact) mass is 469 g/mol. The summed E-state index contributed by atoms with van der Waals surface area (Å²) >= 11 is 18.1. The van der Waals surface area contributed by atoms with Gasteiger partial charge < -0.3 is 10.1 Å². The van der Waals surface area contributed by atoms with Gasteiger partial charge in [0.05, 0.1) is 16.6 Å². The molecule has 2 aliphatic rings. The van der Waals surface area contributed by atoms with E-state index in [1.807, 2.05) is 24.3 Å². The van der Waals surface area contributed by atoms with Gasteiger partial charge in [-0.05, 0) is 72.0 Å². The third-order valence-electron chi connectivity index (χ3n) is 5.92. The molecule has 0 unspecified atom stereocenters. The van der Waals surface area contributed by atoms with E-state index in [0.717, 1.165) is 22.7 Å². The molecule has 0 amide bonds. The molecule has 156 valence electrons. The van der Waals surface area contributed by atoms with Gasteiger partial charge in [-0.2, -0.15) is 0 Å². The molecule has 31 heavy (non-hydrogen) atoms. The van der Waals surface area contributed by atoms with Gasteiger partial charge in [0.15, 0.2) is 0 Å². The maximum absolute atomic E-state index is 12.6. The van der Waals surface area contributed by atoms with Crippen LogP contribution in [0.15, 0.2) is 72.8 Å². The fraction of sp³-hybridized carbons (Fsp3) is 0.160. The van der Waals surface area contributed by atoms with E-state index < -0.39 is 5.97 Å². The van der Waals surface area contributed by atoms with Crippen molar-refractivity contribution in [2.75, 3.05) is 5.32 Å². The number of anilines is 1. The van der Waals surface area contributed by atoms with Crippen LogP contribution in [-0.2, 0) is 0 Å². The summed E-state index contributed by atoms with van der Waals surface area (Å²) in [5, 5.41) is 5.14. The number of benzene rings is 3. The summed E-state index contributed by atoms with van der Waals surface area (Å²) in [6, 6.07) is 18.6. The fourth-order valence-corrected chi connectivity index (χ4v) is 5.06. The number of hydrogen-bond acceptors (Lipinski definition) is 3. The first-order chi connectivity index (χ1) is 15.0. The maximum Gasteiger partial charge on any atom is 0.345 e. The highest BCUT2D eigenvalue weighted by Gasteiger charge is 2.38. The van der Waals surface area contributed by atoms with Crippen LogP contribution in [0.4, 0.5) is 5.69 Å². The Balaban J connectivity index is 1.43. The largest absolute Gasteiger partial charge is 0.423 e. The third kappa shape index (κ3) is 3.94. The molecule has 0 saturated carbocycles. The molecule has 1 heterocycles. The van der Waals surface area contributed by atoms with E-state index in [4.69, 9.17) is 39.5 Å². The highest BCUT2D eigenvalue weighted by molar-refractivity contribution is 6.36. The minimum Gasteiger partial charge on any atom is -0.423 e. The van der Waals surface area contributed by atoms with Crippen LogP contribution in [0.25, 0.3) is 0 Å². The number of ether oxygens (including phenoxy) is 1. The SMILES string of the molecule is O=C(Oc1ccc2c(c1)[C@H]1C=CC[C@H]1[C@@H](c1ccc(Cl)cc1)N2)c1ccc(Cl)cc1Cl. The Labute approximate surface area is 195 Å². The number of nitrogens with one attached hydrogen (secondary N) is 1. The Hall–Kier alpha value is -2.46. The van der Waals surface area contributed by atoms with Crippen molar-refractivity contribution in [3.63, 3.8) is 0 Å². The second-order valence-electron chi connectivity index (χ2n) is 7.79. The topological polar surface area (TPSA) is 38.3 Å². The summed E-state index contributed by atoms with van der Waals surface area (Å²) < 4.78 is 5.63. The molecule has 5 rings (SSSR count). The lowest BCUT2D eigenvalue weighted by Gasteiger charge is -2.37. The summed E-state index contributed by atoms with van der Waals surface area (Å²) in [6.45, 7) is 0. The van der Waals surface area contributed by atoms with Crippen molar-refractivity contribution in [3.8, 4) is 5.75 Å². The lowest BCUT2D eigenvalue weighted by Crippen LogP contribution is -2.29. The highest BCUT2D eigenvalue weighted by atomic mass is 35.5. The normalized spacial score (nSPS) is 21.2. The molecule has 0 fully saturated rings. The van der Waals surface area contributed by atoms with E-state index in [0.29, 0.717) is 16.7 Å². The summed E-state index contributed by atoms with van der Waals surface area (Å²) in [4.78, 5) is 12.6. The minimum absolute atomic E-state index is 0.186. The minimum atomic E-state index is -0.511. The highest BCUT2D eigenvalue weighted by Crippen LogP contribution is 2.50. The van der Waals surface area contributed by atoms with E-state index in [2.05, 4.69) is 29.6 Å². The number of hydrogen-bond donors (Lipinski definition) is 1. The average molecular weight is 471 g/mol. The standard InChI is InChI=1S/C25H18Cl3NO2/c26-15-6-4-14(5-7-15)24-19-3-1-2-18(19)21-13-17(9-11-23(21)29-24)31-25(30)20-10-8-16(27)12-22(20)28/h1-2,4-13,18-19,24,29H,3H2/t18-,19+,24+/m0/s1. The Morgan fingerprint density at radius 2 is 1.71 bits per heavy atom. The molecule has 0 bridgehead atoms. The molecule has 3 aromatic rings. The molecule has 0 aromatic heterocycles. The van der Waals surface area contributed by atoms with Crippen LogP contribution < -0.4 is 10.1 Å². The van der Waals surface area contributed by atoms with Gasteiger partial charge in [-0.25, -0.2) is 4.79 Å². The smallest absolute Gasteiger partial charge is 0.345 e. The summed E-state index contributed by atoms with van der Waals surface area (Å²) in [6.07, 6.45) is 5.45. The molecule has 1 aliphatic heterocycles. The van der Waals surface area contributed by atoms with Crippen LogP contribution >= 0.6 is 34.8 Å². The fourth-order valence-electron chi connectivity index (χ4n) is 4.45. The number of rotatable bonds is 3. The predicted octanol–water partition coefficient (Wildman–Crippen LogP) is 7.69. The Morgan fingerprint density at radius 1 is 0.935 bits per heavy atom. The second kappa shape index (κ2) is 8.23. The lowest BCUT2D eigenvalue weighted by atomic mass is 9.77. The van der Waals surface area contributed by atoms with Gasteiger partial charge in [0.25, 0.3) is 0 Å². The van der Waals surface area contributed by atoms with E-state index in [-0.39, 0.29) is 22.5 Å². The molecular formula is C25H18Cl3NO2. The number of esters is 1. The first-order valence-electron chi connectivity index (χ1n) is 9.99. The zero-order chi connectivity index (χ0) is 21.5. The first kappa shape index (κ1) is 20.4. The summed E-state index contributed by atoms with van der Waals surface area (Å²) in [7, 11) is 0. The van der Waals surface area contributed by atoms with Gasteiger partial charge >= 0.3 is 5.97 Å². The van der Waals surface area contributed by atoms with Crippen molar-refractivity contribution in [1.82, 2.24) is 0 Å². The number of carbonyl (C=O) groups is 1. The molecule has 0 saturated heterocycles. The second-order valence-corrected chi connectivity index (χ2v) is 9.07. The van der Waals surface area contributed by atoms with Crippen LogP contribution in [-0.4, -0.2) is 5.97 Å². The van der Waals surface area contributed by atoms with E-state index in [9.17, 15) is 4.79 Å². The van der Waals surface area contributed by atoms with Crippen LogP contribution in [0.2, 0.25) is 15.1 Å². The van der Waals surface area contributed by atoms with Gasteiger partial charge in [0.2, 0.25) is 0 Å². The van der Waals surface area contributed by atoms with Crippen molar-refractivity contribution in [3.05, 3.63) is 105 Å². The van der Waals surface area contributed by atoms with E-state index in [1.54, 1.807) is 18.2 Å². The predicted molar refractivity (Wildman–Crippen MR) is 126 cm³/mol. The van der Waals surface area contributed by atoms with Crippen molar-refractivity contribution in [2.45, 2.75) is 18.4 Å². The number of allylic oxidation sites excluding steroid dienone is 2. The molecule has 1 N–H and O–H groups in total. The van der Waals surface area contributed by atoms with E-state index >= 15 is 0 Å². The van der Waals surface area contributed by atoms with Crippen LogP contribution in [0.3, 0.4) is 0 Å². The first-order valence-corrected chi connectivity index (χ1v) is 11.1. The summed E-state index contributed by atoms with van der Waals surface area (Å²) in [5.74, 6) is 0.600. The maximum atomic E-state index is 12.6. The zero-order valence-electron chi connectivity index (χ0n) is 16.3. The Bertz CT molecular complexity index is 1190. The van der Waals surface area contributed by atoms with Gasteiger partial charge in [-0.1, -0.05) is 59.1 Å². The number of halogens is 3. The quantitative estimate of drug-likeness (QED) is 0.242. The molecule has 6 heteroatoms. The molecule has 1 aliphatic carbocycles.